The molecule has 1 aliphatic carbocycles. The van der Waals surface area contributed by atoms with Crippen LogP contribution in [0.4, 0.5) is 11.4 Å². The zero-order valence-electron chi connectivity index (χ0n) is 13.7. The Labute approximate surface area is 143 Å². The summed E-state index contributed by atoms with van der Waals surface area (Å²) in [5.74, 6) is 0.140. The van der Waals surface area contributed by atoms with Crippen LogP contribution in [-0.4, -0.2) is 17.9 Å². The zero-order chi connectivity index (χ0) is 16.1. The number of carbonyl (C=O) groups excluding carboxylic acids is 2. The molecule has 1 aromatic rings. The van der Waals surface area contributed by atoms with Crippen LogP contribution in [0.3, 0.4) is 0 Å². The molecule has 23 heavy (non-hydrogen) atoms. The van der Waals surface area contributed by atoms with Crippen LogP contribution in [0.1, 0.15) is 39.5 Å². The Hall–Kier alpha value is -1.59. The van der Waals surface area contributed by atoms with Crippen molar-refractivity contribution in [1.29, 1.82) is 0 Å². The minimum absolute atomic E-state index is 0. The third-order valence-electron chi connectivity index (χ3n) is 4.10. The van der Waals surface area contributed by atoms with Gasteiger partial charge in [0.15, 0.2) is 0 Å². The standard InChI is InChI=1S/C17H25N3O2.ClH/c1-11(2)17(22)20-14-7-4-6-13(10-14)19-16(21)9-12-5-3-8-15(12)18;/h4,6-7,10-12,15H,3,5,8-9,18H2,1-2H3,(H,19,21)(H,20,22);1H/t12-,15+;/m0./s1. The Morgan fingerprint density at radius 3 is 2.43 bits per heavy atom. The van der Waals surface area contributed by atoms with Crippen LogP contribution in [0.25, 0.3) is 0 Å². The molecule has 0 saturated heterocycles. The number of hydrogen-bond donors (Lipinski definition) is 3. The van der Waals surface area contributed by atoms with E-state index in [0.717, 1.165) is 19.3 Å². The van der Waals surface area contributed by atoms with Crippen molar-refractivity contribution in [3.05, 3.63) is 24.3 Å². The van der Waals surface area contributed by atoms with Crippen molar-refractivity contribution < 1.29 is 9.59 Å². The molecule has 0 spiro atoms. The van der Waals surface area contributed by atoms with E-state index in [1.54, 1.807) is 6.07 Å². The van der Waals surface area contributed by atoms with Gasteiger partial charge in [-0.15, -0.1) is 12.4 Å². The van der Waals surface area contributed by atoms with E-state index in [-0.39, 0.29) is 42.1 Å². The fourth-order valence-electron chi connectivity index (χ4n) is 2.73. The SMILES string of the molecule is CC(C)C(=O)Nc1cccc(NC(=O)C[C@@H]2CCC[C@H]2N)c1.Cl. The van der Waals surface area contributed by atoms with Crippen molar-refractivity contribution >= 4 is 35.6 Å². The molecule has 4 N–H and O–H groups in total. The second-order valence-electron chi connectivity index (χ2n) is 6.33. The number of halogens is 1. The summed E-state index contributed by atoms with van der Waals surface area (Å²) >= 11 is 0. The van der Waals surface area contributed by atoms with Gasteiger partial charge in [-0.2, -0.15) is 0 Å². The van der Waals surface area contributed by atoms with Crippen LogP contribution in [0.2, 0.25) is 0 Å². The minimum atomic E-state index is -0.0814. The lowest BCUT2D eigenvalue weighted by molar-refractivity contribution is -0.119. The molecule has 1 saturated carbocycles. The van der Waals surface area contributed by atoms with Gasteiger partial charge in [0.1, 0.15) is 0 Å². The van der Waals surface area contributed by atoms with Crippen LogP contribution in [0, 0.1) is 11.8 Å². The van der Waals surface area contributed by atoms with Crippen molar-refractivity contribution in [3.8, 4) is 0 Å². The van der Waals surface area contributed by atoms with Crippen molar-refractivity contribution in [3.63, 3.8) is 0 Å². The van der Waals surface area contributed by atoms with E-state index in [4.69, 9.17) is 5.73 Å². The molecular weight excluding hydrogens is 314 g/mol. The van der Waals surface area contributed by atoms with Gasteiger partial charge in [0.25, 0.3) is 0 Å². The highest BCUT2D eigenvalue weighted by Gasteiger charge is 2.26. The third-order valence-corrected chi connectivity index (χ3v) is 4.10. The molecule has 0 unspecified atom stereocenters. The Morgan fingerprint density at radius 1 is 1.22 bits per heavy atom. The molecule has 0 radical (unpaired) electrons. The average Bonchev–Trinajstić information content (AvgIpc) is 2.84. The molecule has 1 aliphatic rings. The molecular formula is C17H26ClN3O2. The van der Waals surface area contributed by atoms with E-state index in [2.05, 4.69) is 10.6 Å². The fraction of sp³-hybridized carbons (Fsp3) is 0.529. The van der Waals surface area contributed by atoms with E-state index >= 15 is 0 Å². The Kier molecular flexibility index (Phi) is 7.52. The zero-order valence-corrected chi connectivity index (χ0v) is 14.5. The monoisotopic (exact) mass is 339 g/mol. The second kappa shape index (κ2) is 8.89. The predicted octanol–water partition coefficient (Wildman–Crippen LogP) is 3.16. The number of amides is 2. The maximum absolute atomic E-state index is 12.1. The summed E-state index contributed by atoms with van der Waals surface area (Å²) in [6, 6.07) is 7.35. The van der Waals surface area contributed by atoms with Crippen LogP contribution < -0.4 is 16.4 Å². The van der Waals surface area contributed by atoms with Gasteiger partial charge in [-0.25, -0.2) is 0 Å². The van der Waals surface area contributed by atoms with E-state index in [1.807, 2.05) is 32.0 Å². The lowest BCUT2D eigenvalue weighted by Crippen LogP contribution is -2.28. The number of carbonyl (C=O) groups is 2. The first-order valence-corrected chi connectivity index (χ1v) is 7.92. The minimum Gasteiger partial charge on any atom is -0.327 e. The first kappa shape index (κ1) is 19.5. The molecule has 0 aromatic heterocycles. The molecule has 6 heteroatoms. The lowest BCUT2D eigenvalue weighted by atomic mass is 10.00. The summed E-state index contributed by atoms with van der Waals surface area (Å²) in [5.41, 5.74) is 7.38. The van der Waals surface area contributed by atoms with E-state index < -0.39 is 0 Å². The fourth-order valence-corrected chi connectivity index (χ4v) is 2.73. The molecule has 0 heterocycles. The summed E-state index contributed by atoms with van der Waals surface area (Å²) < 4.78 is 0. The molecule has 1 aromatic carbocycles. The molecule has 128 valence electrons. The maximum Gasteiger partial charge on any atom is 0.226 e. The molecule has 5 nitrogen and oxygen atoms in total. The maximum atomic E-state index is 12.1. The summed E-state index contributed by atoms with van der Waals surface area (Å²) in [6.45, 7) is 3.68. The first-order valence-electron chi connectivity index (χ1n) is 7.92. The van der Waals surface area contributed by atoms with Gasteiger partial charge in [0, 0.05) is 29.8 Å². The van der Waals surface area contributed by atoms with Crippen molar-refractivity contribution in [1.82, 2.24) is 0 Å². The number of benzene rings is 1. The first-order chi connectivity index (χ1) is 10.5. The van der Waals surface area contributed by atoms with Crippen molar-refractivity contribution in [2.24, 2.45) is 17.6 Å². The van der Waals surface area contributed by atoms with Gasteiger partial charge in [-0.05, 0) is 37.0 Å². The summed E-state index contributed by atoms with van der Waals surface area (Å²) in [6.07, 6.45) is 3.60. The van der Waals surface area contributed by atoms with Gasteiger partial charge in [-0.3, -0.25) is 9.59 Å². The molecule has 2 rings (SSSR count). The lowest BCUT2D eigenvalue weighted by Gasteiger charge is -2.15. The van der Waals surface area contributed by atoms with Gasteiger partial charge >= 0.3 is 0 Å². The van der Waals surface area contributed by atoms with E-state index in [0.29, 0.717) is 17.8 Å². The smallest absolute Gasteiger partial charge is 0.226 e. The highest BCUT2D eigenvalue weighted by Crippen LogP contribution is 2.27. The van der Waals surface area contributed by atoms with E-state index in [9.17, 15) is 9.59 Å². The van der Waals surface area contributed by atoms with Crippen LogP contribution in [-0.2, 0) is 9.59 Å². The molecule has 1 fully saturated rings. The van der Waals surface area contributed by atoms with Crippen LogP contribution >= 0.6 is 12.4 Å². The highest BCUT2D eigenvalue weighted by atomic mass is 35.5. The second-order valence-corrected chi connectivity index (χ2v) is 6.33. The Morgan fingerprint density at radius 2 is 1.87 bits per heavy atom. The number of hydrogen-bond acceptors (Lipinski definition) is 3. The number of nitrogens with two attached hydrogens (primary N) is 1. The molecule has 2 atom stereocenters. The van der Waals surface area contributed by atoms with Gasteiger partial charge in [0.05, 0.1) is 0 Å². The Balaban J connectivity index is 0.00000264. The van der Waals surface area contributed by atoms with Crippen LogP contribution in [0.15, 0.2) is 24.3 Å². The normalized spacial score (nSPS) is 20.0. The average molecular weight is 340 g/mol. The van der Waals surface area contributed by atoms with E-state index in [1.165, 1.54) is 0 Å². The largest absolute Gasteiger partial charge is 0.327 e. The third kappa shape index (κ3) is 5.84. The van der Waals surface area contributed by atoms with Crippen LogP contribution in [0.5, 0.6) is 0 Å². The quantitative estimate of drug-likeness (QED) is 0.770. The molecule has 0 bridgehead atoms. The van der Waals surface area contributed by atoms with Crippen molar-refractivity contribution in [2.45, 2.75) is 45.6 Å². The highest BCUT2D eigenvalue weighted by molar-refractivity contribution is 5.94. The number of rotatable bonds is 5. The number of anilines is 2. The predicted molar refractivity (Wildman–Crippen MR) is 95.7 cm³/mol. The van der Waals surface area contributed by atoms with Gasteiger partial charge < -0.3 is 16.4 Å². The van der Waals surface area contributed by atoms with Gasteiger partial charge in [-0.1, -0.05) is 26.3 Å². The summed E-state index contributed by atoms with van der Waals surface area (Å²) in [7, 11) is 0. The topological polar surface area (TPSA) is 84.2 Å². The Bertz CT molecular complexity index is 548. The van der Waals surface area contributed by atoms with Crippen molar-refractivity contribution in [2.75, 3.05) is 10.6 Å². The number of nitrogens with one attached hydrogen (secondary N) is 2. The summed E-state index contributed by atoms with van der Waals surface area (Å²) in [4.78, 5) is 23.8. The summed E-state index contributed by atoms with van der Waals surface area (Å²) in [5, 5.41) is 5.71. The van der Waals surface area contributed by atoms with Gasteiger partial charge in [0.2, 0.25) is 11.8 Å². The molecule has 2 amide bonds. The molecule has 0 aliphatic heterocycles.